The standard InChI is InChI=1S/C16H19N3O2/c17-13-3-2-12(10-14(13)18)19-6-5-11-1-4-15-16(9-11)21-8-7-20-15/h1-4,9-10,19H,5-8,17-18H2. The zero-order chi connectivity index (χ0) is 14.7. The molecule has 5 heteroatoms. The van der Waals surface area contributed by atoms with E-state index in [4.69, 9.17) is 20.9 Å². The highest BCUT2D eigenvalue weighted by molar-refractivity contribution is 5.69. The molecule has 0 bridgehead atoms. The Kier molecular flexibility index (Phi) is 3.73. The van der Waals surface area contributed by atoms with Crippen molar-refractivity contribution in [3.8, 4) is 11.5 Å². The number of nitrogens with two attached hydrogens (primary N) is 2. The predicted molar refractivity (Wildman–Crippen MR) is 84.9 cm³/mol. The quantitative estimate of drug-likeness (QED) is 0.751. The van der Waals surface area contributed by atoms with Gasteiger partial charge in [0.05, 0.1) is 11.4 Å². The van der Waals surface area contributed by atoms with Crippen LogP contribution in [0.15, 0.2) is 36.4 Å². The van der Waals surface area contributed by atoms with Gasteiger partial charge in [0.15, 0.2) is 11.5 Å². The van der Waals surface area contributed by atoms with Gasteiger partial charge in [0.1, 0.15) is 13.2 Å². The summed E-state index contributed by atoms with van der Waals surface area (Å²) in [5, 5.41) is 3.33. The molecule has 0 aliphatic carbocycles. The van der Waals surface area contributed by atoms with Gasteiger partial charge in [-0.25, -0.2) is 0 Å². The van der Waals surface area contributed by atoms with Crippen molar-refractivity contribution >= 4 is 17.1 Å². The van der Waals surface area contributed by atoms with Crippen molar-refractivity contribution < 1.29 is 9.47 Å². The van der Waals surface area contributed by atoms with Gasteiger partial charge in [-0.1, -0.05) is 6.07 Å². The van der Waals surface area contributed by atoms with Crippen LogP contribution in [-0.4, -0.2) is 19.8 Å². The second kappa shape index (κ2) is 5.83. The number of hydrogen-bond donors (Lipinski definition) is 3. The van der Waals surface area contributed by atoms with E-state index >= 15 is 0 Å². The molecule has 0 saturated heterocycles. The lowest BCUT2D eigenvalue weighted by Crippen LogP contribution is -2.15. The number of ether oxygens (including phenoxy) is 2. The fraction of sp³-hybridized carbons (Fsp3) is 0.250. The Balaban J connectivity index is 1.58. The Bertz CT molecular complexity index is 643. The first-order chi connectivity index (χ1) is 10.2. The normalized spacial score (nSPS) is 13.0. The van der Waals surface area contributed by atoms with E-state index in [1.165, 1.54) is 5.56 Å². The molecule has 3 rings (SSSR count). The summed E-state index contributed by atoms with van der Waals surface area (Å²) in [4.78, 5) is 0. The second-order valence-electron chi connectivity index (χ2n) is 5.00. The van der Waals surface area contributed by atoms with Crippen LogP contribution < -0.4 is 26.3 Å². The first-order valence-electron chi connectivity index (χ1n) is 7.00. The van der Waals surface area contributed by atoms with Crippen molar-refractivity contribution in [1.29, 1.82) is 0 Å². The van der Waals surface area contributed by atoms with E-state index in [1.54, 1.807) is 0 Å². The van der Waals surface area contributed by atoms with Gasteiger partial charge in [-0.2, -0.15) is 0 Å². The molecule has 1 heterocycles. The van der Waals surface area contributed by atoms with Crippen LogP contribution in [-0.2, 0) is 6.42 Å². The number of benzene rings is 2. The Labute approximate surface area is 123 Å². The third-order valence-electron chi connectivity index (χ3n) is 3.44. The first kappa shape index (κ1) is 13.4. The van der Waals surface area contributed by atoms with Gasteiger partial charge < -0.3 is 26.3 Å². The summed E-state index contributed by atoms with van der Waals surface area (Å²) in [6.45, 7) is 2.04. The Morgan fingerprint density at radius 3 is 2.52 bits per heavy atom. The fourth-order valence-corrected chi connectivity index (χ4v) is 2.28. The predicted octanol–water partition coefficient (Wildman–Crippen LogP) is 2.28. The molecule has 0 atom stereocenters. The number of nitrogens with one attached hydrogen (secondary N) is 1. The lowest BCUT2D eigenvalue weighted by molar-refractivity contribution is 0.171. The van der Waals surface area contributed by atoms with E-state index in [0.29, 0.717) is 24.6 Å². The van der Waals surface area contributed by atoms with E-state index < -0.39 is 0 Å². The van der Waals surface area contributed by atoms with Crippen LogP contribution in [0.1, 0.15) is 5.56 Å². The van der Waals surface area contributed by atoms with Crippen LogP contribution in [0.4, 0.5) is 17.1 Å². The average Bonchev–Trinajstić information content (AvgIpc) is 2.51. The SMILES string of the molecule is Nc1ccc(NCCc2ccc3c(c2)OCCO3)cc1N. The van der Waals surface area contributed by atoms with Gasteiger partial charge in [-0.15, -0.1) is 0 Å². The molecule has 1 aliphatic heterocycles. The van der Waals surface area contributed by atoms with Gasteiger partial charge in [-0.05, 0) is 42.3 Å². The smallest absolute Gasteiger partial charge is 0.161 e. The van der Waals surface area contributed by atoms with Crippen molar-refractivity contribution in [2.45, 2.75) is 6.42 Å². The highest BCUT2D eigenvalue weighted by atomic mass is 16.6. The fourth-order valence-electron chi connectivity index (χ4n) is 2.28. The maximum absolute atomic E-state index is 5.78. The molecule has 0 radical (unpaired) electrons. The van der Waals surface area contributed by atoms with Crippen LogP contribution in [0, 0.1) is 0 Å². The van der Waals surface area contributed by atoms with Crippen molar-refractivity contribution in [2.24, 2.45) is 0 Å². The molecule has 2 aromatic rings. The van der Waals surface area contributed by atoms with E-state index in [0.717, 1.165) is 30.2 Å². The molecule has 0 amide bonds. The largest absolute Gasteiger partial charge is 0.486 e. The zero-order valence-electron chi connectivity index (χ0n) is 11.8. The molecule has 2 aromatic carbocycles. The molecule has 0 aromatic heterocycles. The third kappa shape index (κ3) is 3.13. The Morgan fingerprint density at radius 2 is 1.71 bits per heavy atom. The van der Waals surface area contributed by atoms with E-state index in [9.17, 15) is 0 Å². The molecular weight excluding hydrogens is 266 g/mol. The topological polar surface area (TPSA) is 82.5 Å². The molecule has 1 aliphatic rings. The minimum absolute atomic E-state index is 0.597. The third-order valence-corrected chi connectivity index (χ3v) is 3.44. The highest BCUT2D eigenvalue weighted by Gasteiger charge is 2.11. The summed E-state index contributed by atoms with van der Waals surface area (Å²) < 4.78 is 11.1. The number of nitrogen functional groups attached to an aromatic ring is 2. The molecule has 0 saturated carbocycles. The molecule has 21 heavy (non-hydrogen) atoms. The maximum Gasteiger partial charge on any atom is 0.161 e. The lowest BCUT2D eigenvalue weighted by Gasteiger charge is -2.19. The van der Waals surface area contributed by atoms with Gasteiger partial charge in [0, 0.05) is 12.2 Å². The summed E-state index contributed by atoms with van der Waals surface area (Å²) in [7, 11) is 0. The van der Waals surface area contributed by atoms with Crippen LogP contribution in [0.5, 0.6) is 11.5 Å². The summed E-state index contributed by atoms with van der Waals surface area (Å²) in [6, 6.07) is 11.6. The van der Waals surface area contributed by atoms with Gasteiger partial charge in [-0.3, -0.25) is 0 Å². The zero-order valence-corrected chi connectivity index (χ0v) is 11.8. The van der Waals surface area contributed by atoms with Gasteiger partial charge >= 0.3 is 0 Å². The number of anilines is 3. The Morgan fingerprint density at radius 1 is 0.905 bits per heavy atom. The maximum atomic E-state index is 5.78. The Hall–Kier alpha value is -2.56. The van der Waals surface area contributed by atoms with Crippen molar-refractivity contribution in [3.63, 3.8) is 0 Å². The average molecular weight is 285 g/mol. The van der Waals surface area contributed by atoms with Crippen LogP contribution in [0.3, 0.4) is 0 Å². The van der Waals surface area contributed by atoms with Crippen LogP contribution in [0.2, 0.25) is 0 Å². The van der Waals surface area contributed by atoms with Crippen LogP contribution >= 0.6 is 0 Å². The minimum atomic E-state index is 0.597. The molecule has 110 valence electrons. The van der Waals surface area contributed by atoms with Crippen molar-refractivity contribution in [2.75, 3.05) is 36.5 Å². The summed E-state index contributed by atoms with van der Waals surface area (Å²) in [5.41, 5.74) is 14.9. The molecule has 0 spiro atoms. The van der Waals surface area contributed by atoms with E-state index in [1.807, 2.05) is 30.3 Å². The van der Waals surface area contributed by atoms with Crippen molar-refractivity contribution in [3.05, 3.63) is 42.0 Å². The number of fused-ring (bicyclic) bond motifs is 1. The van der Waals surface area contributed by atoms with Crippen LogP contribution in [0.25, 0.3) is 0 Å². The van der Waals surface area contributed by atoms with E-state index in [-0.39, 0.29) is 0 Å². The number of rotatable bonds is 4. The molecule has 5 N–H and O–H groups in total. The second-order valence-corrected chi connectivity index (χ2v) is 5.00. The minimum Gasteiger partial charge on any atom is -0.486 e. The van der Waals surface area contributed by atoms with E-state index in [2.05, 4.69) is 11.4 Å². The summed E-state index contributed by atoms with van der Waals surface area (Å²) >= 11 is 0. The lowest BCUT2D eigenvalue weighted by atomic mass is 10.1. The number of hydrogen-bond acceptors (Lipinski definition) is 5. The molecular formula is C16H19N3O2. The highest BCUT2D eigenvalue weighted by Crippen LogP contribution is 2.30. The van der Waals surface area contributed by atoms with Gasteiger partial charge in [0.2, 0.25) is 0 Å². The van der Waals surface area contributed by atoms with Gasteiger partial charge in [0.25, 0.3) is 0 Å². The summed E-state index contributed by atoms with van der Waals surface area (Å²) in [6.07, 6.45) is 0.890. The summed E-state index contributed by atoms with van der Waals surface area (Å²) in [5.74, 6) is 1.65. The van der Waals surface area contributed by atoms with Crippen molar-refractivity contribution in [1.82, 2.24) is 0 Å². The monoisotopic (exact) mass is 285 g/mol. The molecule has 0 unspecified atom stereocenters. The molecule has 0 fully saturated rings. The first-order valence-corrected chi connectivity index (χ1v) is 7.00. The molecule has 5 nitrogen and oxygen atoms in total.